The summed E-state index contributed by atoms with van der Waals surface area (Å²) in [5, 5.41) is 7.57. The molecule has 6 nitrogen and oxygen atoms in total. The van der Waals surface area contributed by atoms with Crippen LogP contribution in [0.25, 0.3) is 0 Å². The first-order chi connectivity index (χ1) is 7.61. The van der Waals surface area contributed by atoms with Gasteiger partial charge in [0, 0.05) is 5.92 Å². The Balaban J connectivity index is 2.00. The number of ether oxygens (including phenoxy) is 1. The summed E-state index contributed by atoms with van der Waals surface area (Å²) in [6.07, 6.45) is 3.12. The predicted octanol–water partition coefficient (Wildman–Crippen LogP) is 0.605. The van der Waals surface area contributed by atoms with Gasteiger partial charge in [-0.05, 0) is 19.8 Å². The summed E-state index contributed by atoms with van der Waals surface area (Å²) in [5.41, 5.74) is 0.203. The van der Waals surface area contributed by atoms with Gasteiger partial charge < -0.3 is 4.74 Å². The van der Waals surface area contributed by atoms with E-state index >= 15 is 0 Å². The van der Waals surface area contributed by atoms with Gasteiger partial charge in [-0.3, -0.25) is 4.79 Å². The fourth-order valence-corrected chi connectivity index (χ4v) is 1.79. The molecule has 86 valence electrons. The zero-order valence-corrected chi connectivity index (χ0v) is 9.21. The monoisotopic (exact) mass is 223 g/mol. The third-order valence-electron chi connectivity index (χ3n) is 2.97. The summed E-state index contributed by atoms with van der Waals surface area (Å²) in [4.78, 5) is 22.2. The fourth-order valence-electron chi connectivity index (χ4n) is 1.79. The summed E-state index contributed by atoms with van der Waals surface area (Å²) in [6.45, 7) is 1.60. The van der Waals surface area contributed by atoms with Crippen molar-refractivity contribution in [2.45, 2.75) is 25.8 Å². The molecule has 1 fully saturated rings. The molecule has 0 spiro atoms. The Bertz CT molecular complexity index is 421. The summed E-state index contributed by atoms with van der Waals surface area (Å²) < 4.78 is 6.16. The molecule has 0 aliphatic heterocycles. The molecule has 0 radical (unpaired) electrons. The highest BCUT2D eigenvalue weighted by atomic mass is 16.5. The Labute approximate surface area is 92.6 Å². The average Bonchev–Trinajstić information content (AvgIpc) is 2.63. The smallest absolute Gasteiger partial charge is 0.360 e. The van der Waals surface area contributed by atoms with Crippen molar-refractivity contribution in [1.82, 2.24) is 15.0 Å². The van der Waals surface area contributed by atoms with E-state index < -0.39 is 5.97 Å². The molecule has 0 saturated heterocycles. The van der Waals surface area contributed by atoms with Crippen LogP contribution in [-0.2, 0) is 9.53 Å². The van der Waals surface area contributed by atoms with E-state index in [1.807, 2.05) is 0 Å². The molecule has 0 aromatic carbocycles. The molecule has 1 aromatic heterocycles. The Hall–Kier alpha value is -1.72. The number of hydrogen-bond donors (Lipinski definition) is 0. The molecule has 0 unspecified atom stereocenters. The number of ketones is 1. The van der Waals surface area contributed by atoms with Crippen molar-refractivity contribution in [2.75, 3.05) is 7.11 Å². The Morgan fingerprint density at radius 1 is 1.50 bits per heavy atom. The number of aromatic nitrogens is 3. The summed E-state index contributed by atoms with van der Waals surface area (Å²) in [7, 11) is 1.30. The van der Waals surface area contributed by atoms with Crippen LogP contribution in [0.5, 0.6) is 0 Å². The highest BCUT2D eigenvalue weighted by Gasteiger charge is 2.34. The van der Waals surface area contributed by atoms with Crippen molar-refractivity contribution in [3.8, 4) is 0 Å². The minimum Gasteiger partial charge on any atom is -0.464 e. The summed E-state index contributed by atoms with van der Waals surface area (Å²) in [5.74, 6) is -0.144. The Morgan fingerprint density at radius 2 is 2.19 bits per heavy atom. The third kappa shape index (κ3) is 1.82. The molecular formula is C10H13N3O3. The average molecular weight is 223 g/mol. The minimum atomic E-state index is -0.492. The molecule has 1 saturated carbocycles. The number of esters is 1. The lowest BCUT2D eigenvalue weighted by molar-refractivity contribution is -0.124. The second-order valence-electron chi connectivity index (χ2n) is 4.01. The van der Waals surface area contributed by atoms with Crippen LogP contribution in [0.3, 0.4) is 0 Å². The quantitative estimate of drug-likeness (QED) is 0.702. The number of carbonyl (C=O) groups excluding carboxylic acids is 2. The first-order valence-electron chi connectivity index (χ1n) is 5.12. The minimum absolute atomic E-state index is 0.135. The number of hydrogen-bond acceptors (Lipinski definition) is 5. The standard InChI is InChI=1S/C10H13N3O3/c1-6(14)7-3-8(4-7)13-5-9(11-12-13)10(15)16-2/h5,7-8H,3-4H2,1-2H3. The number of Topliss-reactive ketones (excluding diaryl/α,β-unsaturated/α-hetero) is 1. The third-order valence-corrected chi connectivity index (χ3v) is 2.97. The molecule has 1 aliphatic rings. The Kier molecular flexibility index (Phi) is 2.72. The van der Waals surface area contributed by atoms with Gasteiger partial charge in [0.15, 0.2) is 5.69 Å². The van der Waals surface area contributed by atoms with Gasteiger partial charge in [0.05, 0.1) is 19.3 Å². The number of carbonyl (C=O) groups is 2. The van der Waals surface area contributed by atoms with E-state index in [0.717, 1.165) is 12.8 Å². The SMILES string of the molecule is COC(=O)c1cn(C2CC(C(C)=O)C2)nn1. The van der Waals surface area contributed by atoms with Crippen LogP contribution in [0.2, 0.25) is 0 Å². The second kappa shape index (κ2) is 4.03. The number of nitrogens with zero attached hydrogens (tertiary/aromatic N) is 3. The second-order valence-corrected chi connectivity index (χ2v) is 4.01. The van der Waals surface area contributed by atoms with E-state index in [1.54, 1.807) is 17.8 Å². The van der Waals surface area contributed by atoms with E-state index in [-0.39, 0.29) is 23.4 Å². The van der Waals surface area contributed by atoms with E-state index in [2.05, 4.69) is 15.0 Å². The molecule has 2 rings (SSSR count). The highest BCUT2D eigenvalue weighted by Crippen LogP contribution is 2.37. The molecular weight excluding hydrogens is 210 g/mol. The van der Waals surface area contributed by atoms with Gasteiger partial charge in [0.2, 0.25) is 0 Å². The van der Waals surface area contributed by atoms with Crippen LogP contribution < -0.4 is 0 Å². The molecule has 16 heavy (non-hydrogen) atoms. The number of methoxy groups -OCH3 is 1. The molecule has 1 aliphatic carbocycles. The van der Waals surface area contributed by atoms with Crippen molar-refractivity contribution in [2.24, 2.45) is 5.92 Å². The van der Waals surface area contributed by atoms with Gasteiger partial charge in [-0.25, -0.2) is 9.48 Å². The highest BCUT2D eigenvalue weighted by molar-refractivity contribution is 5.86. The van der Waals surface area contributed by atoms with E-state index in [1.165, 1.54) is 7.11 Å². The molecule has 0 N–H and O–H groups in total. The van der Waals surface area contributed by atoms with E-state index in [9.17, 15) is 9.59 Å². The zero-order valence-electron chi connectivity index (χ0n) is 9.21. The topological polar surface area (TPSA) is 74.1 Å². The maximum atomic E-state index is 11.1. The van der Waals surface area contributed by atoms with Crippen LogP contribution >= 0.6 is 0 Å². The van der Waals surface area contributed by atoms with Gasteiger partial charge in [-0.1, -0.05) is 5.21 Å². The largest absolute Gasteiger partial charge is 0.464 e. The van der Waals surface area contributed by atoms with Crippen molar-refractivity contribution >= 4 is 11.8 Å². The molecule has 0 atom stereocenters. The summed E-state index contributed by atoms with van der Waals surface area (Å²) in [6, 6.07) is 0.180. The van der Waals surface area contributed by atoms with Crippen molar-refractivity contribution in [3.05, 3.63) is 11.9 Å². The van der Waals surface area contributed by atoms with Crippen LogP contribution in [0.4, 0.5) is 0 Å². The van der Waals surface area contributed by atoms with Crippen LogP contribution in [-0.4, -0.2) is 33.9 Å². The lowest BCUT2D eigenvalue weighted by Crippen LogP contribution is -2.31. The lowest BCUT2D eigenvalue weighted by Gasteiger charge is -2.32. The normalized spacial score (nSPS) is 23.6. The predicted molar refractivity (Wildman–Crippen MR) is 53.8 cm³/mol. The van der Waals surface area contributed by atoms with Crippen molar-refractivity contribution in [3.63, 3.8) is 0 Å². The van der Waals surface area contributed by atoms with Crippen molar-refractivity contribution < 1.29 is 14.3 Å². The maximum absolute atomic E-state index is 11.1. The van der Waals surface area contributed by atoms with Crippen LogP contribution in [0, 0.1) is 5.92 Å². The van der Waals surface area contributed by atoms with E-state index in [4.69, 9.17) is 0 Å². The van der Waals surface area contributed by atoms with Gasteiger partial charge in [0.25, 0.3) is 0 Å². The van der Waals surface area contributed by atoms with Crippen LogP contribution in [0.1, 0.15) is 36.3 Å². The zero-order chi connectivity index (χ0) is 11.7. The van der Waals surface area contributed by atoms with Gasteiger partial charge in [-0.2, -0.15) is 0 Å². The van der Waals surface area contributed by atoms with Gasteiger partial charge >= 0.3 is 5.97 Å². The molecule has 1 aromatic rings. The molecule has 0 amide bonds. The molecule has 0 bridgehead atoms. The Morgan fingerprint density at radius 3 is 2.75 bits per heavy atom. The van der Waals surface area contributed by atoms with Gasteiger partial charge in [-0.15, -0.1) is 5.10 Å². The maximum Gasteiger partial charge on any atom is 0.360 e. The number of rotatable bonds is 3. The van der Waals surface area contributed by atoms with Crippen LogP contribution in [0.15, 0.2) is 6.20 Å². The molecule has 6 heteroatoms. The summed E-state index contributed by atoms with van der Waals surface area (Å²) >= 11 is 0. The first-order valence-corrected chi connectivity index (χ1v) is 5.12. The fraction of sp³-hybridized carbons (Fsp3) is 0.600. The van der Waals surface area contributed by atoms with E-state index in [0.29, 0.717) is 0 Å². The first kappa shape index (κ1) is 10.8. The van der Waals surface area contributed by atoms with Gasteiger partial charge in [0.1, 0.15) is 5.78 Å². The molecule has 1 heterocycles. The lowest BCUT2D eigenvalue weighted by atomic mass is 9.78. The van der Waals surface area contributed by atoms with Crippen molar-refractivity contribution in [1.29, 1.82) is 0 Å².